The second kappa shape index (κ2) is 10.7. The summed E-state index contributed by atoms with van der Waals surface area (Å²) in [4.78, 5) is 25.9. The van der Waals surface area contributed by atoms with E-state index in [9.17, 15) is 18.0 Å². The highest BCUT2D eigenvalue weighted by molar-refractivity contribution is 7.89. The summed E-state index contributed by atoms with van der Waals surface area (Å²) in [5.41, 5.74) is 0.507. The summed E-state index contributed by atoms with van der Waals surface area (Å²) in [7, 11) is -2.23. The molecule has 1 aliphatic rings. The first-order valence-electron chi connectivity index (χ1n) is 9.56. The Labute approximate surface area is 172 Å². The Morgan fingerprint density at radius 3 is 2.41 bits per heavy atom. The molecular formula is C19H29N3O6S. The van der Waals surface area contributed by atoms with E-state index >= 15 is 0 Å². The smallest absolute Gasteiger partial charge is 0.309 e. The highest BCUT2D eigenvalue weighted by Crippen LogP contribution is 2.19. The van der Waals surface area contributed by atoms with Gasteiger partial charge in [0, 0.05) is 25.3 Å². The molecule has 1 fully saturated rings. The number of likely N-dealkylation sites (N-methyl/N-ethyl adjacent to an activating group) is 1. The van der Waals surface area contributed by atoms with Crippen LogP contribution < -0.4 is 5.32 Å². The third kappa shape index (κ3) is 6.49. The van der Waals surface area contributed by atoms with Crippen LogP contribution in [0, 0.1) is 5.92 Å². The number of methoxy groups -OCH3 is 1. The van der Waals surface area contributed by atoms with Crippen LogP contribution in [0.2, 0.25) is 0 Å². The molecule has 1 heterocycles. The second-order valence-electron chi connectivity index (χ2n) is 6.84. The Morgan fingerprint density at radius 2 is 1.86 bits per heavy atom. The van der Waals surface area contributed by atoms with Crippen molar-refractivity contribution >= 4 is 27.6 Å². The van der Waals surface area contributed by atoms with Gasteiger partial charge in [0.1, 0.15) is 0 Å². The van der Waals surface area contributed by atoms with Crippen LogP contribution in [0.15, 0.2) is 29.2 Å². The number of carbonyl (C=O) groups is 2. The van der Waals surface area contributed by atoms with Gasteiger partial charge in [0.25, 0.3) is 0 Å². The van der Waals surface area contributed by atoms with Crippen molar-refractivity contribution in [1.82, 2.24) is 9.21 Å². The van der Waals surface area contributed by atoms with Crippen LogP contribution in [0.5, 0.6) is 0 Å². The fraction of sp³-hybridized carbons (Fsp3) is 0.579. The number of ether oxygens (including phenoxy) is 2. The Bertz CT molecular complexity index is 791. The van der Waals surface area contributed by atoms with Crippen molar-refractivity contribution in [3.05, 3.63) is 24.3 Å². The van der Waals surface area contributed by atoms with Crippen molar-refractivity contribution < 1.29 is 27.5 Å². The molecule has 2 rings (SSSR count). The largest absolute Gasteiger partial charge is 0.469 e. The number of esters is 1. The third-order valence-corrected chi connectivity index (χ3v) is 6.61. The van der Waals surface area contributed by atoms with E-state index < -0.39 is 10.0 Å². The van der Waals surface area contributed by atoms with Crippen LogP contribution in [0.4, 0.5) is 5.69 Å². The quantitative estimate of drug-likeness (QED) is 0.581. The predicted molar refractivity (Wildman–Crippen MR) is 108 cm³/mol. The molecule has 9 nitrogen and oxygen atoms in total. The number of carbonyl (C=O) groups excluding carboxylic acids is 2. The lowest BCUT2D eigenvalue weighted by atomic mass is 10.1. The van der Waals surface area contributed by atoms with E-state index in [4.69, 9.17) is 9.47 Å². The van der Waals surface area contributed by atoms with E-state index in [1.54, 1.807) is 19.1 Å². The van der Waals surface area contributed by atoms with Crippen LogP contribution in [0.3, 0.4) is 0 Å². The molecule has 1 aromatic rings. The molecule has 1 N–H and O–H groups in total. The van der Waals surface area contributed by atoms with Crippen LogP contribution >= 0.6 is 0 Å². The summed E-state index contributed by atoms with van der Waals surface area (Å²) in [5, 5.41) is 2.76. The van der Waals surface area contributed by atoms with Crippen molar-refractivity contribution in [2.75, 3.05) is 58.4 Å². The van der Waals surface area contributed by atoms with Gasteiger partial charge in [-0.15, -0.1) is 0 Å². The lowest BCUT2D eigenvalue weighted by Crippen LogP contribution is -2.40. The summed E-state index contributed by atoms with van der Waals surface area (Å²) in [6.45, 7) is 6.22. The summed E-state index contributed by atoms with van der Waals surface area (Å²) < 4.78 is 36.6. The number of amides is 1. The fourth-order valence-electron chi connectivity index (χ4n) is 3.02. The number of anilines is 1. The van der Waals surface area contributed by atoms with E-state index in [1.807, 2.05) is 11.8 Å². The number of hydrogen-bond acceptors (Lipinski definition) is 7. The summed E-state index contributed by atoms with van der Waals surface area (Å²) in [6, 6.07) is 6.10. The van der Waals surface area contributed by atoms with Gasteiger partial charge in [-0.05, 0) is 30.8 Å². The van der Waals surface area contributed by atoms with E-state index in [0.29, 0.717) is 45.1 Å². The number of nitrogens with zero attached hydrogens (tertiary/aromatic N) is 2. The van der Waals surface area contributed by atoms with E-state index in [2.05, 4.69) is 5.32 Å². The normalized spacial score (nSPS) is 16.4. The van der Waals surface area contributed by atoms with Crippen LogP contribution in [0.1, 0.15) is 13.8 Å². The molecule has 1 amide bonds. The Morgan fingerprint density at radius 1 is 1.24 bits per heavy atom. The summed E-state index contributed by atoms with van der Waals surface area (Å²) in [5.74, 6) is -0.897. The molecular weight excluding hydrogens is 398 g/mol. The Kier molecular flexibility index (Phi) is 8.57. The molecule has 0 aliphatic carbocycles. The topological polar surface area (TPSA) is 105 Å². The minimum Gasteiger partial charge on any atom is -0.469 e. The predicted octanol–water partition coefficient (Wildman–Crippen LogP) is 0.777. The molecule has 1 unspecified atom stereocenters. The number of sulfonamides is 1. The third-order valence-electron chi connectivity index (χ3n) is 4.70. The first-order valence-corrected chi connectivity index (χ1v) is 11.0. The van der Waals surface area contributed by atoms with Crippen molar-refractivity contribution in [3.8, 4) is 0 Å². The van der Waals surface area contributed by atoms with Gasteiger partial charge in [-0.2, -0.15) is 4.31 Å². The SMILES string of the molecule is CCN(CC(=O)Nc1ccc(S(=O)(=O)N2CCOCC2)cc1)CC(C)C(=O)OC. The minimum absolute atomic E-state index is 0.117. The molecule has 1 atom stereocenters. The van der Waals surface area contributed by atoms with Gasteiger partial charge in [0.05, 0.1) is 37.7 Å². The zero-order valence-corrected chi connectivity index (χ0v) is 17.9. The van der Waals surface area contributed by atoms with Gasteiger partial charge in [-0.3, -0.25) is 14.5 Å². The standard InChI is InChI=1S/C19H29N3O6S/c1-4-21(13-15(2)19(24)27-3)14-18(23)20-16-5-7-17(8-6-16)29(25,26)22-9-11-28-12-10-22/h5-8,15H,4,9-14H2,1-3H3,(H,20,23). The number of morpholine rings is 1. The molecule has 1 aromatic carbocycles. The molecule has 1 saturated heterocycles. The van der Waals surface area contributed by atoms with Gasteiger partial charge in [0.2, 0.25) is 15.9 Å². The highest BCUT2D eigenvalue weighted by Gasteiger charge is 2.26. The minimum atomic E-state index is -3.57. The Balaban J connectivity index is 1.94. The number of benzene rings is 1. The van der Waals surface area contributed by atoms with Gasteiger partial charge >= 0.3 is 5.97 Å². The maximum Gasteiger partial charge on any atom is 0.309 e. The van der Waals surface area contributed by atoms with E-state index in [1.165, 1.54) is 23.5 Å². The van der Waals surface area contributed by atoms with Gasteiger partial charge in [-0.25, -0.2) is 8.42 Å². The molecule has 0 radical (unpaired) electrons. The van der Waals surface area contributed by atoms with Gasteiger partial charge < -0.3 is 14.8 Å². The number of nitrogens with one attached hydrogen (secondary N) is 1. The van der Waals surface area contributed by atoms with E-state index in [-0.39, 0.29) is 29.2 Å². The van der Waals surface area contributed by atoms with Crippen molar-refractivity contribution in [2.24, 2.45) is 5.92 Å². The fourth-order valence-corrected chi connectivity index (χ4v) is 4.43. The molecule has 0 saturated carbocycles. The molecule has 29 heavy (non-hydrogen) atoms. The zero-order valence-electron chi connectivity index (χ0n) is 17.1. The molecule has 0 aromatic heterocycles. The molecule has 1 aliphatic heterocycles. The first kappa shape index (κ1) is 23.3. The second-order valence-corrected chi connectivity index (χ2v) is 8.78. The van der Waals surface area contributed by atoms with Gasteiger partial charge in [-0.1, -0.05) is 13.8 Å². The van der Waals surface area contributed by atoms with Crippen LogP contribution in [0.25, 0.3) is 0 Å². The summed E-state index contributed by atoms with van der Waals surface area (Å²) >= 11 is 0. The van der Waals surface area contributed by atoms with E-state index in [0.717, 1.165) is 0 Å². The monoisotopic (exact) mass is 427 g/mol. The Hall–Kier alpha value is -2.01. The van der Waals surface area contributed by atoms with Crippen molar-refractivity contribution in [2.45, 2.75) is 18.7 Å². The van der Waals surface area contributed by atoms with Crippen molar-refractivity contribution in [3.63, 3.8) is 0 Å². The maximum atomic E-state index is 12.6. The zero-order chi connectivity index (χ0) is 21.4. The maximum absolute atomic E-state index is 12.6. The number of hydrogen-bond donors (Lipinski definition) is 1. The highest BCUT2D eigenvalue weighted by atomic mass is 32.2. The average Bonchev–Trinajstić information content (AvgIpc) is 2.73. The average molecular weight is 428 g/mol. The van der Waals surface area contributed by atoms with Crippen molar-refractivity contribution in [1.29, 1.82) is 0 Å². The molecule has 162 valence electrons. The number of rotatable bonds is 9. The van der Waals surface area contributed by atoms with Crippen LogP contribution in [-0.4, -0.2) is 82.5 Å². The van der Waals surface area contributed by atoms with Gasteiger partial charge in [0.15, 0.2) is 0 Å². The van der Waals surface area contributed by atoms with Crippen LogP contribution in [-0.2, 0) is 29.1 Å². The first-order chi connectivity index (χ1) is 13.8. The molecule has 10 heteroatoms. The molecule has 0 spiro atoms. The summed E-state index contributed by atoms with van der Waals surface area (Å²) in [6.07, 6.45) is 0. The molecule has 0 bridgehead atoms. The lowest BCUT2D eigenvalue weighted by Gasteiger charge is -2.26. The lowest BCUT2D eigenvalue weighted by molar-refractivity contribution is -0.145.